The lowest BCUT2D eigenvalue weighted by Crippen LogP contribution is -2.18. The van der Waals surface area contributed by atoms with Crippen LogP contribution in [0.4, 0.5) is 0 Å². The second kappa shape index (κ2) is 6.47. The number of nitrogens with zero attached hydrogens (tertiary/aromatic N) is 1. The first-order valence-corrected chi connectivity index (χ1v) is 6.86. The number of esters is 1. The zero-order chi connectivity index (χ0) is 15.4. The van der Waals surface area contributed by atoms with Gasteiger partial charge < -0.3 is 19.8 Å². The molecule has 0 bridgehead atoms. The van der Waals surface area contributed by atoms with E-state index in [1.54, 1.807) is 6.07 Å². The molecule has 1 aromatic carbocycles. The fourth-order valence-corrected chi connectivity index (χ4v) is 1.97. The molecule has 2 rings (SSSR count). The first kappa shape index (κ1) is 15.2. The van der Waals surface area contributed by atoms with E-state index < -0.39 is 0 Å². The van der Waals surface area contributed by atoms with Crippen LogP contribution in [0.25, 0.3) is 0 Å². The number of aromatic hydroxyl groups is 2. The Morgan fingerprint density at radius 3 is 2.90 bits per heavy atom. The van der Waals surface area contributed by atoms with E-state index in [2.05, 4.69) is 5.16 Å². The highest BCUT2D eigenvalue weighted by molar-refractivity contribution is 6.03. The Morgan fingerprint density at radius 1 is 1.48 bits per heavy atom. The fourth-order valence-electron chi connectivity index (χ4n) is 1.97. The summed E-state index contributed by atoms with van der Waals surface area (Å²) in [5.41, 5.74) is 1.04. The van der Waals surface area contributed by atoms with Crippen LogP contribution in [0.3, 0.4) is 0 Å². The second-order valence-corrected chi connectivity index (χ2v) is 5.45. The lowest BCUT2D eigenvalue weighted by molar-refractivity contribution is -0.147. The maximum atomic E-state index is 11.6. The zero-order valence-corrected chi connectivity index (χ0v) is 12.1. The molecular weight excluding hydrogens is 274 g/mol. The van der Waals surface area contributed by atoms with E-state index in [0.717, 1.165) is 0 Å². The van der Waals surface area contributed by atoms with Crippen LogP contribution in [-0.2, 0) is 14.4 Å². The van der Waals surface area contributed by atoms with Gasteiger partial charge in [0.2, 0.25) is 0 Å². The van der Waals surface area contributed by atoms with Crippen LogP contribution in [0, 0.1) is 5.92 Å². The zero-order valence-electron chi connectivity index (χ0n) is 12.1. The first-order valence-electron chi connectivity index (χ1n) is 6.86. The van der Waals surface area contributed by atoms with E-state index in [-0.39, 0.29) is 30.0 Å². The Labute approximate surface area is 123 Å². The Bertz CT molecular complexity index is 553. The molecule has 114 valence electrons. The number of ether oxygens (including phenoxy) is 1. The summed E-state index contributed by atoms with van der Waals surface area (Å²) >= 11 is 0. The molecule has 2 N–H and O–H groups in total. The van der Waals surface area contributed by atoms with Gasteiger partial charge >= 0.3 is 5.97 Å². The van der Waals surface area contributed by atoms with Crippen molar-refractivity contribution < 1.29 is 24.6 Å². The molecule has 1 atom stereocenters. The van der Waals surface area contributed by atoms with Gasteiger partial charge in [-0.1, -0.05) is 19.0 Å². The van der Waals surface area contributed by atoms with Gasteiger partial charge in [-0.25, -0.2) is 0 Å². The highest BCUT2D eigenvalue weighted by Gasteiger charge is 2.26. The van der Waals surface area contributed by atoms with Crippen molar-refractivity contribution in [1.29, 1.82) is 0 Å². The van der Waals surface area contributed by atoms with Gasteiger partial charge in [-0.2, -0.15) is 0 Å². The van der Waals surface area contributed by atoms with Crippen LogP contribution in [0.5, 0.6) is 11.5 Å². The predicted octanol–water partition coefficient (Wildman–Crippen LogP) is 2.18. The number of hydrogen-bond acceptors (Lipinski definition) is 6. The predicted molar refractivity (Wildman–Crippen MR) is 76.2 cm³/mol. The van der Waals surface area contributed by atoms with E-state index in [0.29, 0.717) is 30.2 Å². The third-order valence-electron chi connectivity index (χ3n) is 3.00. The summed E-state index contributed by atoms with van der Waals surface area (Å²) in [6, 6.07) is 4.26. The number of hydrogen-bond donors (Lipinski definition) is 2. The van der Waals surface area contributed by atoms with Crippen LogP contribution in [-0.4, -0.2) is 34.6 Å². The minimum Gasteiger partial charge on any atom is -0.508 e. The largest absolute Gasteiger partial charge is 0.508 e. The van der Waals surface area contributed by atoms with Gasteiger partial charge in [0.1, 0.15) is 17.6 Å². The van der Waals surface area contributed by atoms with Crippen LogP contribution < -0.4 is 0 Å². The van der Waals surface area contributed by atoms with Gasteiger partial charge in [0.05, 0.1) is 18.7 Å². The number of oxime groups is 1. The fraction of sp³-hybridized carbons (Fsp3) is 0.467. The van der Waals surface area contributed by atoms with Gasteiger partial charge in [0.15, 0.2) is 0 Å². The molecule has 0 saturated carbocycles. The molecule has 0 aromatic heterocycles. The standard InChI is InChI=1S/C15H19NO5/c1-9(2)8-20-15(19)7-11-6-13(16-21-11)12-4-3-10(17)5-14(12)18/h3-5,9,11,17-18H,6-8H2,1-2H3. The average Bonchev–Trinajstić information content (AvgIpc) is 2.84. The molecule has 0 saturated heterocycles. The summed E-state index contributed by atoms with van der Waals surface area (Å²) < 4.78 is 5.09. The van der Waals surface area contributed by atoms with E-state index in [1.165, 1.54) is 12.1 Å². The van der Waals surface area contributed by atoms with E-state index in [9.17, 15) is 15.0 Å². The quantitative estimate of drug-likeness (QED) is 0.812. The van der Waals surface area contributed by atoms with Crippen LogP contribution in [0.2, 0.25) is 0 Å². The summed E-state index contributed by atoms with van der Waals surface area (Å²) in [4.78, 5) is 16.8. The van der Waals surface area contributed by atoms with Crippen molar-refractivity contribution >= 4 is 11.7 Å². The lowest BCUT2D eigenvalue weighted by atomic mass is 10.0. The molecule has 1 unspecified atom stereocenters. The summed E-state index contributed by atoms with van der Waals surface area (Å²) in [5, 5.41) is 22.9. The molecule has 1 aliphatic rings. The van der Waals surface area contributed by atoms with Gasteiger partial charge in [-0.15, -0.1) is 0 Å². The number of carbonyl (C=O) groups is 1. The summed E-state index contributed by atoms with van der Waals surface area (Å²) in [7, 11) is 0. The lowest BCUT2D eigenvalue weighted by Gasteiger charge is -2.10. The molecule has 21 heavy (non-hydrogen) atoms. The van der Waals surface area contributed by atoms with Crippen molar-refractivity contribution in [2.75, 3.05) is 6.61 Å². The highest BCUT2D eigenvalue weighted by atomic mass is 16.6. The van der Waals surface area contributed by atoms with Crippen molar-refractivity contribution in [1.82, 2.24) is 0 Å². The third-order valence-corrected chi connectivity index (χ3v) is 3.00. The molecule has 1 heterocycles. The maximum absolute atomic E-state index is 11.6. The number of phenolic OH excluding ortho intramolecular Hbond substituents is 2. The maximum Gasteiger partial charge on any atom is 0.309 e. The smallest absolute Gasteiger partial charge is 0.309 e. The number of carbonyl (C=O) groups excluding carboxylic acids is 1. The Morgan fingerprint density at radius 2 is 2.24 bits per heavy atom. The topological polar surface area (TPSA) is 88.4 Å². The Hall–Kier alpha value is -2.24. The average molecular weight is 293 g/mol. The monoisotopic (exact) mass is 293 g/mol. The van der Waals surface area contributed by atoms with Crippen molar-refractivity contribution in [2.24, 2.45) is 11.1 Å². The molecule has 0 amide bonds. The Kier molecular flexibility index (Phi) is 4.67. The summed E-state index contributed by atoms with van der Waals surface area (Å²) in [5.74, 6) is -0.121. The number of rotatable bonds is 5. The number of phenols is 2. The highest BCUT2D eigenvalue weighted by Crippen LogP contribution is 2.28. The van der Waals surface area contributed by atoms with Crippen molar-refractivity contribution in [3.05, 3.63) is 23.8 Å². The van der Waals surface area contributed by atoms with E-state index in [1.807, 2.05) is 13.8 Å². The second-order valence-electron chi connectivity index (χ2n) is 5.45. The van der Waals surface area contributed by atoms with Gasteiger partial charge in [0.25, 0.3) is 0 Å². The van der Waals surface area contributed by atoms with Gasteiger partial charge in [-0.3, -0.25) is 4.79 Å². The minimum absolute atomic E-state index is 0.0235. The Balaban J connectivity index is 1.89. The van der Waals surface area contributed by atoms with Crippen LogP contribution >= 0.6 is 0 Å². The first-order chi connectivity index (χ1) is 9.95. The molecule has 0 radical (unpaired) electrons. The molecule has 0 spiro atoms. The van der Waals surface area contributed by atoms with Gasteiger partial charge in [-0.05, 0) is 18.1 Å². The molecular formula is C15H19NO5. The molecule has 6 heteroatoms. The van der Waals surface area contributed by atoms with Gasteiger partial charge in [0, 0.05) is 18.1 Å². The molecule has 6 nitrogen and oxygen atoms in total. The number of benzene rings is 1. The summed E-state index contributed by atoms with van der Waals surface area (Å²) in [6.07, 6.45) is 0.154. The van der Waals surface area contributed by atoms with E-state index >= 15 is 0 Å². The molecule has 0 fully saturated rings. The third kappa shape index (κ3) is 4.11. The van der Waals surface area contributed by atoms with Crippen molar-refractivity contribution in [3.8, 4) is 11.5 Å². The van der Waals surface area contributed by atoms with E-state index in [4.69, 9.17) is 9.57 Å². The van der Waals surface area contributed by atoms with Crippen LogP contribution in [0.1, 0.15) is 32.3 Å². The van der Waals surface area contributed by atoms with Crippen molar-refractivity contribution in [3.63, 3.8) is 0 Å². The van der Waals surface area contributed by atoms with Crippen molar-refractivity contribution in [2.45, 2.75) is 32.8 Å². The normalized spacial score (nSPS) is 17.5. The molecule has 0 aliphatic carbocycles. The summed E-state index contributed by atoms with van der Waals surface area (Å²) in [6.45, 7) is 4.32. The molecule has 1 aromatic rings. The SMILES string of the molecule is CC(C)COC(=O)CC1CC(c2ccc(O)cc2O)=NO1. The van der Waals surface area contributed by atoms with Crippen LogP contribution in [0.15, 0.2) is 23.4 Å². The molecule has 1 aliphatic heterocycles. The minimum atomic E-state index is -0.382.